The number of aryl methyl sites for hydroxylation is 2. The lowest BCUT2D eigenvalue weighted by atomic mass is 9.99. The monoisotopic (exact) mass is 316 g/mol. The Balaban J connectivity index is 3.37. The van der Waals surface area contributed by atoms with Crippen molar-refractivity contribution in [2.45, 2.75) is 20.8 Å². The largest absolute Gasteiger partial charge is 0.466 e. The lowest BCUT2D eigenvalue weighted by molar-refractivity contribution is -0.134. The molecule has 2 nitrogen and oxygen atoms in total. The summed E-state index contributed by atoms with van der Waals surface area (Å²) in [5, 5.41) is 0.396. The van der Waals surface area contributed by atoms with Crippen LogP contribution in [0.15, 0.2) is 16.6 Å². The van der Waals surface area contributed by atoms with Crippen molar-refractivity contribution in [1.29, 1.82) is 0 Å². The summed E-state index contributed by atoms with van der Waals surface area (Å²) in [6, 6.07) is 2.03. The molecule has 0 saturated carbocycles. The van der Waals surface area contributed by atoms with Gasteiger partial charge in [-0.05, 0) is 37.5 Å². The second-order valence-electron chi connectivity index (χ2n) is 3.84. The van der Waals surface area contributed by atoms with Crippen LogP contribution < -0.4 is 0 Å². The van der Waals surface area contributed by atoms with Gasteiger partial charge in [0, 0.05) is 16.1 Å². The predicted molar refractivity (Wildman–Crippen MR) is 74.2 cm³/mol. The number of esters is 1. The summed E-state index contributed by atoms with van der Waals surface area (Å²) in [5.74, 6) is -0.453. The molecule has 1 aromatic rings. The second kappa shape index (κ2) is 5.69. The Morgan fingerprint density at radius 2 is 1.94 bits per heavy atom. The van der Waals surface area contributed by atoms with E-state index in [-0.39, 0.29) is 0 Å². The van der Waals surface area contributed by atoms with E-state index in [1.54, 1.807) is 0 Å². The molecule has 0 amide bonds. The van der Waals surface area contributed by atoms with Crippen molar-refractivity contribution in [1.82, 2.24) is 0 Å². The zero-order chi connectivity index (χ0) is 13.2. The molecule has 0 unspecified atom stereocenters. The van der Waals surface area contributed by atoms with Gasteiger partial charge in [-0.15, -0.1) is 0 Å². The molecular weight excluding hydrogens is 303 g/mol. The third kappa shape index (κ3) is 3.11. The van der Waals surface area contributed by atoms with Crippen molar-refractivity contribution in [2.75, 3.05) is 7.11 Å². The van der Waals surface area contributed by atoms with Crippen LogP contribution in [0.2, 0.25) is 0 Å². The molecule has 0 spiro atoms. The van der Waals surface area contributed by atoms with Crippen LogP contribution in [0.4, 0.5) is 0 Å². The minimum absolute atomic E-state index is 0.396. The third-order valence-corrected chi connectivity index (χ3v) is 4.08. The van der Waals surface area contributed by atoms with Crippen LogP contribution in [0.1, 0.15) is 22.3 Å². The minimum Gasteiger partial charge on any atom is -0.466 e. The Bertz CT molecular complexity index is 493. The van der Waals surface area contributed by atoms with E-state index in [4.69, 9.17) is 11.6 Å². The molecular formula is C13H14BrClO2. The van der Waals surface area contributed by atoms with E-state index in [1.807, 2.05) is 26.8 Å². The van der Waals surface area contributed by atoms with Gasteiger partial charge in [0.05, 0.1) is 12.1 Å². The first-order valence-electron chi connectivity index (χ1n) is 5.10. The zero-order valence-electron chi connectivity index (χ0n) is 10.2. The molecule has 1 aromatic carbocycles. The number of methoxy groups -OCH3 is 1. The first-order chi connectivity index (χ1) is 7.88. The van der Waals surface area contributed by atoms with Crippen LogP contribution in [0.25, 0.3) is 5.03 Å². The van der Waals surface area contributed by atoms with Crippen molar-refractivity contribution < 1.29 is 9.53 Å². The molecule has 1 rings (SSSR count). The quantitative estimate of drug-likeness (QED) is 0.605. The van der Waals surface area contributed by atoms with E-state index in [1.165, 1.54) is 13.2 Å². The van der Waals surface area contributed by atoms with Crippen LogP contribution in [0.5, 0.6) is 0 Å². The summed E-state index contributed by atoms with van der Waals surface area (Å²) >= 11 is 9.67. The van der Waals surface area contributed by atoms with Gasteiger partial charge in [-0.3, -0.25) is 0 Å². The molecule has 0 aliphatic heterocycles. The summed E-state index contributed by atoms with van der Waals surface area (Å²) in [4.78, 5) is 11.2. The third-order valence-electron chi connectivity index (χ3n) is 2.56. The Labute approximate surface area is 115 Å². The van der Waals surface area contributed by atoms with E-state index in [2.05, 4.69) is 20.7 Å². The number of rotatable bonds is 2. The van der Waals surface area contributed by atoms with Crippen LogP contribution in [0, 0.1) is 20.8 Å². The molecule has 0 fully saturated rings. The van der Waals surface area contributed by atoms with Crippen molar-refractivity contribution in [3.05, 3.63) is 38.9 Å². The lowest BCUT2D eigenvalue weighted by Gasteiger charge is -2.13. The highest BCUT2D eigenvalue weighted by Gasteiger charge is 2.13. The normalized spacial score (nSPS) is 11.5. The molecule has 17 heavy (non-hydrogen) atoms. The Morgan fingerprint density at radius 3 is 2.47 bits per heavy atom. The minimum atomic E-state index is -0.453. The first kappa shape index (κ1) is 14.3. The average molecular weight is 318 g/mol. The van der Waals surface area contributed by atoms with Gasteiger partial charge < -0.3 is 4.74 Å². The van der Waals surface area contributed by atoms with Crippen molar-refractivity contribution in [2.24, 2.45) is 0 Å². The van der Waals surface area contributed by atoms with E-state index in [9.17, 15) is 4.79 Å². The number of carbonyl (C=O) groups excluding carboxylic acids is 1. The van der Waals surface area contributed by atoms with Crippen molar-refractivity contribution in [3.8, 4) is 0 Å². The van der Waals surface area contributed by atoms with Gasteiger partial charge in [0.25, 0.3) is 0 Å². The van der Waals surface area contributed by atoms with E-state index in [0.29, 0.717) is 5.03 Å². The summed E-state index contributed by atoms with van der Waals surface area (Å²) < 4.78 is 5.57. The molecule has 92 valence electrons. The molecule has 0 bridgehead atoms. The van der Waals surface area contributed by atoms with E-state index in [0.717, 1.165) is 26.7 Å². The van der Waals surface area contributed by atoms with E-state index < -0.39 is 5.97 Å². The van der Waals surface area contributed by atoms with Gasteiger partial charge in [-0.2, -0.15) is 0 Å². The van der Waals surface area contributed by atoms with Crippen molar-refractivity contribution in [3.63, 3.8) is 0 Å². The number of hydrogen-bond acceptors (Lipinski definition) is 2. The molecule has 0 aliphatic rings. The predicted octanol–water partition coefficient (Wildman–Crippen LogP) is 4.13. The SMILES string of the molecule is COC(=O)/C=C(/Cl)c1c(C)cc(C)c(Br)c1C. The maximum absolute atomic E-state index is 11.2. The van der Waals surface area contributed by atoms with Gasteiger partial charge in [0.1, 0.15) is 0 Å². The molecule has 0 radical (unpaired) electrons. The van der Waals surface area contributed by atoms with Gasteiger partial charge in [0.2, 0.25) is 0 Å². The number of carbonyl (C=O) groups is 1. The van der Waals surface area contributed by atoms with Gasteiger partial charge in [0.15, 0.2) is 0 Å². The summed E-state index contributed by atoms with van der Waals surface area (Å²) in [7, 11) is 1.33. The Kier molecular flexibility index (Phi) is 4.78. The number of ether oxygens (including phenoxy) is 1. The highest BCUT2D eigenvalue weighted by molar-refractivity contribution is 9.10. The van der Waals surface area contributed by atoms with Crippen LogP contribution >= 0.6 is 27.5 Å². The molecule has 0 atom stereocenters. The first-order valence-corrected chi connectivity index (χ1v) is 6.27. The number of hydrogen-bond donors (Lipinski definition) is 0. The number of benzene rings is 1. The molecule has 0 saturated heterocycles. The molecule has 0 N–H and O–H groups in total. The van der Waals surface area contributed by atoms with E-state index >= 15 is 0 Å². The fraction of sp³-hybridized carbons (Fsp3) is 0.308. The van der Waals surface area contributed by atoms with Crippen LogP contribution in [-0.2, 0) is 9.53 Å². The standard InChI is InChI=1S/C13H14BrClO2/c1-7-5-8(2)13(14)9(3)12(7)10(15)6-11(16)17-4/h5-6H,1-4H3/b10-6+. The molecule has 4 heteroatoms. The summed E-state index contributed by atoms with van der Waals surface area (Å²) in [6.07, 6.45) is 1.29. The summed E-state index contributed by atoms with van der Waals surface area (Å²) in [5.41, 5.74) is 4.07. The lowest BCUT2D eigenvalue weighted by Crippen LogP contribution is -1.98. The topological polar surface area (TPSA) is 26.3 Å². The molecule has 0 aromatic heterocycles. The highest BCUT2D eigenvalue weighted by atomic mass is 79.9. The second-order valence-corrected chi connectivity index (χ2v) is 5.04. The zero-order valence-corrected chi connectivity index (χ0v) is 12.6. The average Bonchev–Trinajstić information content (AvgIpc) is 2.25. The summed E-state index contributed by atoms with van der Waals surface area (Å²) in [6.45, 7) is 5.95. The van der Waals surface area contributed by atoms with Gasteiger partial charge >= 0.3 is 5.97 Å². The fourth-order valence-corrected chi connectivity index (χ4v) is 2.46. The number of halogens is 2. The Hall–Kier alpha value is -0.800. The molecule has 0 aliphatic carbocycles. The van der Waals surface area contributed by atoms with Gasteiger partial charge in [-0.25, -0.2) is 4.79 Å². The van der Waals surface area contributed by atoms with Crippen LogP contribution in [0.3, 0.4) is 0 Å². The highest BCUT2D eigenvalue weighted by Crippen LogP contribution is 2.33. The molecule has 0 heterocycles. The maximum atomic E-state index is 11.2. The Morgan fingerprint density at radius 1 is 1.35 bits per heavy atom. The van der Waals surface area contributed by atoms with Crippen molar-refractivity contribution >= 4 is 38.5 Å². The fourth-order valence-electron chi connectivity index (χ4n) is 1.76. The van der Waals surface area contributed by atoms with Gasteiger partial charge in [-0.1, -0.05) is 33.6 Å². The smallest absolute Gasteiger partial charge is 0.331 e. The maximum Gasteiger partial charge on any atom is 0.331 e. The van der Waals surface area contributed by atoms with Crippen LogP contribution in [-0.4, -0.2) is 13.1 Å².